The Bertz CT molecular complexity index is 2510. The van der Waals surface area contributed by atoms with Gasteiger partial charge in [0.1, 0.15) is 17.3 Å². The highest BCUT2D eigenvalue weighted by atomic mass is 16.5. The Kier molecular flexibility index (Phi) is 8.48. The SMILES string of the molecule is Cc1ccnc(-n2c3ccc(-c4ccccc4)cc3c3ccc(Oc4cc(CCC(C)C)cc(-n5nc(C)c(-c6ccccc6)c5C)c4)cc32)c1. The fourth-order valence-corrected chi connectivity index (χ4v) is 7.24. The van der Waals surface area contributed by atoms with Crippen molar-refractivity contribution in [1.29, 1.82) is 0 Å². The van der Waals surface area contributed by atoms with Crippen LogP contribution in [0.15, 0.2) is 134 Å². The van der Waals surface area contributed by atoms with E-state index in [0.717, 1.165) is 69.2 Å². The number of fused-ring (bicyclic) bond motifs is 3. The van der Waals surface area contributed by atoms with Gasteiger partial charge in [0.25, 0.3) is 0 Å². The molecule has 3 aromatic heterocycles. The molecule has 5 aromatic carbocycles. The lowest BCUT2D eigenvalue weighted by Gasteiger charge is -2.14. The lowest BCUT2D eigenvalue weighted by atomic mass is 10.0. The smallest absolute Gasteiger partial charge is 0.137 e. The molecule has 3 heterocycles. The van der Waals surface area contributed by atoms with Crippen molar-refractivity contribution < 1.29 is 4.74 Å². The van der Waals surface area contributed by atoms with E-state index < -0.39 is 0 Å². The number of hydrogen-bond acceptors (Lipinski definition) is 3. The van der Waals surface area contributed by atoms with Crippen molar-refractivity contribution in [2.75, 3.05) is 0 Å². The highest BCUT2D eigenvalue weighted by Gasteiger charge is 2.18. The van der Waals surface area contributed by atoms with Crippen LogP contribution >= 0.6 is 0 Å². The molecule has 0 N–H and O–H groups in total. The molecule has 5 nitrogen and oxygen atoms in total. The van der Waals surface area contributed by atoms with E-state index in [-0.39, 0.29) is 0 Å². The van der Waals surface area contributed by atoms with Crippen molar-refractivity contribution in [2.45, 2.75) is 47.5 Å². The molecule has 0 saturated carbocycles. The maximum absolute atomic E-state index is 6.79. The fourth-order valence-electron chi connectivity index (χ4n) is 7.24. The molecule has 0 radical (unpaired) electrons. The van der Waals surface area contributed by atoms with E-state index in [1.54, 1.807) is 0 Å². The summed E-state index contributed by atoms with van der Waals surface area (Å²) in [4.78, 5) is 4.82. The Labute approximate surface area is 299 Å². The van der Waals surface area contributed by atoms with E-state index in [0.29, 0.717) is 5.92 Å². The lowest BCUT2D eigenvalue weighted by Crippen LogP contribution is -2.02. The van der Waals surface area contributed by atoms with Crippen LogP contribution in [0.5, 0.6) is 11.5 Å². The third kappa shape index (κ3) is 6.32. The minimum atomic E-state index is 0.596. The van der Waals surface area contributed by atoms with Crippen LogP contribution in [0.25, 0.3) is 55.6 Å². The number of ether oxygens (including phenoxy) is 1. The Hall–Kier alpha value is -5.94. The van der Waals surface area contributed by atoms with Crippen LogP contribution in [0.2, 0.25) is 0 Å². The van der Waals surface area contributed by atoms with Crippen LogP contribution in [0.4, 0.5) is 0 Å². The zero-order valence-electron chi connectivity index (χ0n) is 29.9. The summed E-state index contributed by atoms with van der Waals surface area (Å²) in [5, 5.41) is 7.37. The number of nitrogens with zero attached hydrogens (tertiary/aromatic N) is 4. The summed E-state index contributed by atoms with van der Waals surface area (Å²) >= 11 is 0. The van der Waals surface area contributed by atoms with Crippen LogP contribution in [0.1, 0.15) is 42.8 Å². The van der Waals surface area contributed by atoms with Gasteiger partial charge in [-0.2, -0.15) is 5.10 Å². The minimum absolute atomic E-state index is 0.596. The minimum Gasteiger partial charge on any atom is -0.457 e. The van der Waals surface area contributed by atoms with E-state index in [1.165, 1.54) is 33.2 Å². The number of rotatable bonds is 9. The zero-order valence-corrected chi connectivity index (χ0v) is 29.9. The number of benzene rings is 5. The van der Waals surface area contributed by atoms with E-state index in [1.807, 2.05) is 12.3 Å². The van der Waals surface area contributed by atoms with Crippen LogP contribution in [0.3, 0.4) is 0 Å². The van der Waals surface area contributed by atoms with Crippen LogP contribution < -0.4 is 4.74 Å². The lowest BCUT2D eigenvalue weighted by molar-refractivity contribution is 0.481. The number of hydrogen-bond donors (Lipinski definition) is 0. The average molecular weight is 667 g/mol. The standard InChI is InChI=1S/C46H42N4O/c1-30(2)16-17-34-25-38(50-33(5)46(32(4)48-50)36-14-10-7-11-15-36)28-40(26-34)51-39-19-20-41-42-27-37(35-12-8-6-9-13-35)18-21-43(42)49(44(41)29-39)45-24-31(3)22-23-47-45/h6-15,18-30H,16-17H2,1-5H3. The van der Waals surface area contributed by atoms with E-state index in [2.05, 4.69) is 165 Å². The largest absolute Gasteiger partial charge is 0.457 e. The molecule has 51 heavy (non-hydrogen) atoms. The topological polar surface area (TPSA) is 44.9 Å². The third-order valence-electron chi connectivity index (χ3n) is 9.77. The summed E-state index contributed by atoms with van der Waals surface area (Å²) in [6.45, 7) is 10.9. The van der Waals surface area contributed by atoms with Crippen molar-refractivity contribution in [2.24, 2.45) is 5.92 Å². The summed E-state index contributed by atoms with van der Waals surface area (Å²) in [6, 6.07) is 44.9. The molecule has 0 aliphatic heterocycles. The van der Waals surface area contributed by atoms with Crippen molar-refractivity contribution in [3.05, 3.63) is 156 Å². The monoisotopic (exact) mass is 666 g/mol. The van der Waals surface area contributed by atoms with E-state index in [9.17, 15) is 0 Å². The molecular formula is C46H42N4O. The predicted molar refractivity (Wildman–Crippen MR) is 210 cm³/mol. The summed E-state index contributed by atoms with van der Waals surface area (Å²) in [7, 11) is 0. The highest BCUT2D eigenvalue weighted by molar-refractivity contribution is 6.10. The van der Waals surface area contributed by atoms with Crippen molar-refractivity contribution in [1.82, 2.24) is 19.3 Å². The molecule has 0 unspecified atom stereocenters. The fraction of sp³-hybridized carbons (Fsp3) is 0.174. The summed E-state index contributed by atoms with van der Waals surface area (Å²) in [6.07, 6.45) is 3.94. The molecule has 8 rings (SSSR count). The third-order valence-corrected chi connectivity index (χ3v) is 9.77. The molecule has 0 saturated heterocycles. The molecular weight excluding hydrogens is 625 g/mol. The van der Waals surface area contributed by atoms with Gasteiger partial charge in [0, 0.05) is 40.4 Å². The second-order valence-electron chi connectivity index (χ2n) is 14.0. The Balaban J connectivity index is 1.24. The van der Waals surface area contributed by atoms with Gasteiger partial charge in [-0.15, -0.1) is 0 Å². The van der Waals surface area contributed by atoms with Gasteiger partial charge in [0.05, 0.1) is 22.4 Å². The van der Waals surface area contributed by atoms with Gasteiger partial charge in [0.2, 0.25) is 0 Å². The molecule has 8 aromatic rings. The Morgan fingerprint density at radius 2 is 1.41 bits per heavy atom. The van der Waals surface area contributed by atoms with Gasteiger partial charge >= 0.3 is 0 Å². The zero-order chi connectivity index (χ0) is 35.1. The summed E-state index contributed by atoms with van der Waals surface area (Å²) < 4.78 is 11.1. The van der Waals surface area contributed by atoms with E-state index in [4.69, 9.17) is 14.8 Å². The molecule has 0 bridgehead atoms. The molecule has 0 amide bonds. The molecule has 252 valence electrons. The first-order valence-electron chi connectivity index (χ1n) is 17.8. The second kappa shape index (κ2) is 13.4. The quantitative estimate of drug-likeness (QED) is 0.154. The van der Waals surface area contributed by atoms with E-state index >= 15 is 0 Å². The molecule has 0 aliphatic rings. The molecule has 0 atom stereocenters. The molecule has 0 spiro atoms. The molecule has 0 aliphatic carbocycles. The highest BCUT2D eigenvalue weighted by Crippen LogP contribution is 2.38. The van der Waals surface area contributed by atoms with Gasteiger partial charge in [-0.25, -0.2) is 9.67 Å². The van der Waals surface area contributed by atoms with Crippen molar-refractivity contribution in [3.8, 4) is 45.3 Å². The predicted octanol–water partition coefficient (Wildman–Crippen LogP) is 12.0. The summed E-state index contributed by atoms with van der Waals surface area (Å²) in [5.74, 6) is 3.05. The molecule has 0 fully saturated rings. The second-order valence-corrected chi connectivity index (χ2v) is 14.0. The number of aryl methyl sites for hydroxylation is 3. The van der Waals surface area contributed by atoms with Crippen LogP contribution in [0, 0.1) is 26.7 Å². The Morgan fingerprint density at radius 1 is 0.647 bits per heavy atom. The van der Waals surface area contributed by atoms with Gasteiger partial charge < -0.3 is 4.74 Å². The first-order valence-corrected chi connectivity index (χ1v) is 17.8. The summed E-state index contributed by atoms with van der Waals surface area (Å²) in [5.41, 5.74) is 12.4. The Morgan fingerprint density at radius 3 is 2.16 bits per heavy atom. The van der Waals surface area contributed by atoms with Crippen LogP contribution in [-0.4, -0.2) is 19.3 Å². The first-order chi connectivity index (χ1) is 24.8. The normalized spacial score (nSPS) is 11.6. The van der Waals surface area contributed by atoms with Gasteiger partial charge in [-0.3, -0.25) is 4.57 Å². The maximum Gasteiger partial charge on any atom is 0.137 e. The van der Waals surface area contributed by atoms with Gasteiger partial charge in [-0.05, 0) is 116 Å². The average Bonchev–Trinajstić information content (AvgIpc) is 3.63. The van der Waals surface area contributed by atoms with Crippen molar-refractivity contribution >= 4 is 21.8 Å². The molecule has 5 heteroatoms. The van der Waals surface area contributed by atoms with Crippen molar-refractivity contribution in [3.63, 3.8) is 0 Å². The van der Waals surface area contributed by atoms with Gasteiger partial charge in [-0.1, -0.05) is 80.6 Å². The first kappa shape index (κ1) is 32.3. The maximum atomic E-state index is 6.79. The number of aromatic nitrogens is 4. The van der Waals surface area contributed by atoms with Gasteiger partial charge in [0.15, 0.2) is 0 Å². The van der Waals surface area contributed by atoms with Crippen LogP contribution in [-0.2, 0) is 6.42 Å². The number of pyridine rings is 1.